The molecule has 4 heteroatoms. The molecular formula is C9H20N4. The van der Waals surface area contributed by atoms with E-state index < -0.39 is 0 Å². The predicted molar refractivity (Wildman–Crippen MR) is 55.9 cm³/mol. The summed E-state index contributed by atoms with van der Waals surface area (Å²) in [5.41, 5.74) is 5.83. The lowest BCUT2D eigenvalue weighted by Crippen LogP contribution is -2.39. The van der Waals surface area contributed by atoms with E-state index >= 15 is 0 Å². The van der Waals surface area contributed by atoms with E-state index in [1.54, 1.807) is 0 Å². The number of hydrogen-bond donors (Lipinski definition) is 1. The van der Waals surface area contributed by atoms with Crippen molar-refractivity contribution in [3.63, 3.8) is 0 Å². The fourth-order valence-corrected chi connectivity index (χ4v) is 1.54. The van der Waals surface area contributed by atoms with E-state index in [1.165, 1.54) is 6.42 Å². The molecule has 1 fully saturated rings. The van der Waals surface area contributed by atoms with Crippen LogP contribution in [0, 0.1) is 0 Å². The van der Waals surface area contributed by atoms with Gasteiger partial charge in [-0.05, 0) is 26.9 Å². The van der Waals surface area contributed by atoms with Crippen LogP contribution in [0.2, 0.25) is 0 Å². The molecule has 0 amide bonds. The first-order valence-corrected chi connectivity index (χ1v) is 4.97. The number of rotatable bonds is 1. The number of nitrogens with two attached hydrogens (primary N) is 1. The van der Waals surface area contributed by atoms with Crippen molar-refractivity contribution in [1.82, 2.24) is 9.80 Å². The molecular weight excluding hydrogens is 164 g/mol. The summed E-state index contributed by atoms with van der Waals surface area (Å²) in [6, 6.07) is 0. The van der Waals surface area contributed by atoms with Gasteiger partial charge in [-0.25, -0.2) is 0 Å². The van der Waals surface area contributed by atoms with Crippen LogP contribution in [0.25, 0.3) is 0 Å². The van der Waals surface area contributed by atoms with Gasteiger partial charge in [-0.2, -0.15) is 0 Å². The summed E-state index contributed by atoms with van der Waals surface area (Å²) in [6.07, 6.45) is 1.18. The van der Waals surface area contributed by atoms with Crippen molar-refractivity contribution in [3.8, 4) is 0 Å². The lowest BCUT2D eigenvalue weighted by Gasteiger charge is -2.21. The van der Waals surface area contributed by atoms with Crippen LogP contribution in [0.5, 0.6) is 0 Å². The Labute approximate surface area is 80.4 Å². The van der Waals surface area contributed by atoms with Crippen molar-refractivity contribution in [2.24, 2.45) is 10.7 Å². The van der Waals surface area contributed by atoms with Crippen molar-refractivity contribution in [2.75, 3.05) is 39.8 Å². The molecule has 0 aliphatic carbocycles. The van der Waals surface area contributed by atoms with E-state index in [1.807, 2.05) is 6.92 Å². The fraction of sp³-hybridized carbons (Fsp3) is 0.889. The molecule has 0 radical (unpaired) electrons. The average Bonchev–Trinajstić information content (AvgIpc) is 2.30. The third kappa shape index (κ3) is 3.22. The average molecular weight is 184 g/mol. The van der Waals surface area contributed by atoms with Crippen LogP contribution < -0.4 is 5.73 Å². The zero-order valence-electron chi connectivity index (χ0n) is 8.66. The van der Waals surface area contributed by atoms with Crippen LogP contribution in [0.4, 0.5) is 0 Å². The number of hydrogen-bond acceptors (Lipinski definition) is 2. The summed E-state index contributed by atoms with van der Waals surface area (Å²) in [6.45, 7) is 7.08. The number of aliphatic imine (C=N–C) groups is 1. The molecule has 76 valence electrons. The Morgan fingerprint density at radius 2 is 2.08 bits per heavy atom. The molecule has 1 rings (SSSR count). The van der Waals surface area contributed by atoms with E-state index in [0.717, 1.165) is 32.7 Å². The highest BCUT2D eigenvalue weighted by atomic mass is 15.3. The first-order valence-electron chi connectivity index (χ1n) is 4.97. The van der Waals surface area contributed by atoms with Gasteiger partial charge in [0.15, 0.2) is 5.96 Å². The lowest BCUT2D eigenvalue weighted by atomic mass is 10.4. The first kappa shape index (κ1) is 10.3. The maximum atomic E-state index is 5.83. The van der Waals surface area contributed by atoms with Crippen LogP contribution in [0.15, 0.2) is 4.99 Å². The number of likely N-dealkylation sites (N-methyl/N-ethyl adjacent to an activating group) is 1. The highest BCUT2D eigenvalue weighted by molar-refractivity contribution is 5.78. The Balaban J connectivity index is 2.46. The minimum atomic E-state index is 0.706. The van der Waals surface area contributed by atoms with Crippen molar-refractivity contribution in [3.05, 3.63) is 0 Å². The Kier molecular flexibility index (Phi) is 4.02. The Morgan fingerprint density at radius 3 is 2.77 bits per heavy atom. The molecule has 0 aromatic heterocycles. The maximum Gasteiger partial charge on any atom is 0.191 e. The molecule has 4 nitrogen and oxygen atoms in total. The SMILES string of the molecule is CCN=C(N)N1CCCN(C)CC1. The monoisotopic (exact) mass is 184 g/mol. The lowest BCUT2D eigenvalue weighted by molar-refractivity contribution is 0.345. The second-order valence-corrected chi connectivity index (χ2v) is 3.48. The second kappa shape index (κ2) is 5.07. The second-order valence-electron chi connectivity index (χ2n) is 3.48. The van der Waals surface area contributed by atoms with Crippen molar-refractivity contribution < 1.29 is 0 Å². The smallest absolute Gasteiger partial charge is 0.191 e. The summed E-state index contributed by atoms with van der Waals surface area (Å²) >= 11 is 0. The van der Waals surface area contributed by atoms with Gasteiger partial charge in [0, 0.05) is 26.2 Å². The summed E-state index contributed by atoms with van der Waals surface area (Å²) < 4.78 is 0. The Morgan fingerprint density at radius 1 is 1.31 bits per heavy atom. The fourth-order valence-electron chi connectivity index (χ4n) is 1.54. The minimum absolute atomic E-state index is 0.706. The Hall–Kier alpha value is -0.770. The van der Waals surface area contributed by atoms with Crippen LogP contribution in [0.3, 0.4) is 0 Å². The van der Waals surface area contributed by atoms with Gasteiger partial charge in [-0.3, -0.25) is 4.99 Å². The number of guanidine groups is 1. The Bertz CT molecular complexity index is 178. The zero-order chi connectivity index (χ0) is 9.68. The first-order chi connectivity index (χ1) is 6.24. The molecule has 0 atom stereocenters. The van der Waals surface area contributed by atoms with Crippen LogP contribution in [-0.2, 0) is 0 Å². The molecule has 0 bridgehead atoms. The summed E-state index contributed by atoms with van der Waals surface area (Å²) in [5, 5.41) is 0. The summed E-state index contributed by atoms with van der Waals surface area (Å²) in [7, 11) is 2.15. The maximum absolute atomic E-state index is 5.83. The van der Waals surface area contributed by atoms with E-state index in [-0.39, 0.29) is 0 Å². The van der Waals surface area contributed by atoms with Gasteiger partial charge < -0.3 is 15.5 Å². The molecule has 0 unspecified atom stereocenters. The van der Waals surface area contributed by atoms with Gasteiger partial charge in [-0.15, -0.1) is 0 Å². The van der Waals surface area contributed by atoms with Gasteiger partial charge in [-0.1, -0.05) is 0 Å². The van der Waals surface area contributed by atoms with Crippen molar-refractivity contribution in [2.45, 2.75) is 13.3 Å². The molecule has 0 spiro atoms. The molecule has 0 aromatic carbocycles. The van der Waals surface area contributed by atoms with E-state index in [9.17, 15) is 0 Å². The molecule has 0 aromatic rings. The van der Waals surface area contributed by atoms with Gasteiger partial charge in [0.25, 0.3) is 0 Å². The summed E-state index contributed by atoms with van der Waals surface area (Å²) in [4.78, 5) is 8.72. The molecule has 0 saturated carbocycles. The van der Waals surface area contributed by atoms with E-state index in [2.05, 4.69) is 21.8 Å². The largest absolute Gasteiger partial charge is 0.370 e. The number of nitrogens with zero attached hydrogens (tertiary/aromatic N) is 3. The third-order valence-corrected chi connectivity index (χ3v) is 2.36. The van der Waals surface area contributed by atoms with Gasteiger partial charge in [0.05, 0.1) is 0 Å². The topological polar surface area (TPSA) is 44.9 Å². The predicted octanol–water partition coefficient (Wildman–Crippen LogP) is -0.0415. The van der Waals surface area contributed by atoms with Crippen LogP contribution in [-0.4, -0.2) is 55.5 Å². The molecule has 1 saturated heterocycles. The highest BCUT2D eigenvalue weighted by Gasteiger charge is 2.12. The molecule has 1 aliphatic rings. The zero-order valence-corrected chi connectivity index (χ0v) is 8.66. The van der Waals surface area contributed by atoms with E-state index in [4.69, 9.17) is 5.73 Å². The molecule has 13 heavy (non-hydrogen) atoms. The standard InChI is InChI=1S/C9H20N4/c1-3-11-9(10)13-6-4-5-12(2)7-8-13/h3-8H2,1-2H3,(H2,10,11). The van der Waals surface area contributed by atoms with Crippen LogP contribution >= 0.6 is 0 Å². The van der Waals surface area contributed by atoms with Crippen LogP contribution in [0.1, 0.15) is 13.3 Å². The normalized spacial score (nSPS) is 21.7. The molecule has 1 aliphatic heterocycles. The van der Waals surface area contributed by atoms with Gasteiger partial charge >= 0.3 is 0 Å². The molecule has 2 N–H and O–H groups in total. The van der Waals surface area contributed by atoms with Crippen molar-refractivity contribution in [1.29, 1.82) is 0 Å². The highest BCUT2D eigenvalue weighted by Crippen LogP contribution is 2.00. The van der Waals surface area contributed by atoms with Crippen molar-refractivity contribution >= 4 is 5.96 Å². The van der Waals surface area contributed by atoms with Gasteiger partial charge in [0.1, 0.15) is 0 Å². The quantitative estimate of drug-likeness (QED) is 0.459. The van der Waals surface area contributed by atoms with E-state index in [0.29, 0.717) is 5.96 Å². The third-order valence-electron chi connectivity index (χ3n) is 2.36. The van der Waals surface area contributed by atoms with Gasteiger partial charge in [0.2, 0.25) is 0 Å². The molecule has 1 heterocycles. The summed E-state index contributed by atoms with van der Waals surface area (Å²) in [5.74, 6) is 0.706. The minimum Gasteiger partial charge on any atom is -0.370 e.